The standard InChI is InChI=1S/C29H31N3O3S/c1-3-4-7-24-18-26-20(2)16-17-30-28(26)31(24)19-21-10-12-22(13-11-21)25-8-5-6-9-27(25)32(36(34)35)29(33)23-14-15-23/h5-6,8-13,16-18,23H,3-4,7,14-15,19H2,1-2H3,(H,34,35). The lowest BCUT2D eigenvalue weighted by Gasteiger charge is -2.21. The molecule has 0 radical (unpaired) electrons. The lowest BCUT2D eigenvalue weighted by molar-refractivity contribution is -0.118. The zero-order chi connectivity index (χ0) is 25.2. The highest BCUT2D eigenvalue weighted by Gasteiger charge is 2.37. The van der Waals surface area contributed by atoms with Gasteiger partial charge in [-0.2, -0.15) is 0 Å². The number of unbranched alkanes of at least 4 members (excludes halogenated alkanes) is 1. The molecule has 1 amide bonds. The summed E-state index contributed by atoms with van der Waals surface area (Å²) in [6.45, 7) is 5.05. The molecule has 6 nitrogen and oxygen atoms in total. The fourth-order valence-corrected chi connectivity index (χ4v) is 5.34. The van der Waals surface area contributed by atoms with Gasteiger partial charge in [-0.25, -0.2) is 13.5 Å². The number of pyridine rings is 1. The average Bonchev–Trinajstić information content (AvgIpc) is 3.67. The summed E-state index contributed by atoms with van der Waals surface area (Å²) in [6.07, 6.45) is 6.70. The van der Waals surface area contributed by atoms with Gasteiger partial charge >= 0.3 is 0 Å². The van der Waals surface area contributed by atoms with Crippen LogP contribution in [0.5, 0.6) is 0 Å². The number of benzene rings is 2. The Bertz CT molecular complexity index is 1420. The van der Waals surface area contributed by atoms with E-state index in [0.717, 1.165) is 58.7 Å². The van der Waals surface area contributed by atoms with Gasteiger partial charge in [0.15, 0.2) is 0 Å². The first kappa shape index (κ1) is 24.4. The molecule has 0 saturated heterocycles. The molecular formula is C29H31N3O3S. The van der Waals surface area contributed by atoms with Crippen LogP contribution in [0.2, 0.25) is 0 Å². The average molecular weight is 502 g/mol. The van der Waals surface area contributed by atoms with Crippen LogP contribution in [0, 0.1) is 12.8 Å². The summed E-state index contributed by atoms with van der Waals surface area (Å²) in [4.78, 5) is 17.5. The van der Waals surface area contributed by atoms with Crippen molar-refractivity contribution in [1.29, 1.82) is 0 Å². The normalized spacial score (nSPS) is 14.2. The van der Waals surface area contributed by atoms with Crippen molar-refractivity contribution in [3.63, 3.8) is 0 Å². The number of rotatable bonds is 9. The number of fused-ring (bicyclic) bond motifs is 1. The van der Waals surface area contributed by atoms with Gasteiger partial charge in [0.2, 0.25) is 5.91 Å². The second-order valence-corrected chi connectivity index (χ2v) is 10.4. The predicted octanol–water partition coefficient (Wildman–Crippen LogP) is 6.28. The van der Waals surface area contributed by atoms with E-state index in [2.05, 4.69) is 47.7 Å². The summed E-state index contributed by atoms with van der Waals surface area (Å²) in [5, 5.41) is 1.20. The molecule has 1 aliphatic carbocycles. The second-order valence-electron chi connectivity index (χ2n) is 9.54. The van der Waals surface area contributed by atoms with Gasteiger partial charge in [0, 0.05) is 35.3 Å². The SMILES string of the molecule is CCCCc1cc2c(C)ccnc2n1Cc1ccc(-c2ccccc2N(C(=O)C2CC2)S(=O)O)cc1. The van der Waals surface area contributed by atoms with Crippen molar-refractivity contribution in [3.8, 4) is 11.1 Å². The van der Waals surface area contributed by atoms with E-state index in [1.54, 1.807) is 12.1 Å². The van der Waals surface area contributed by atoms with Crippen LogP contribution in [0.1, 0.15) is 49.4 Å². The maximum atomic E-state index is 12.8. The van der Waals surface area contributed by atoms with Crippen LogP contribution in [0.4, 0.5) is 5.69 Å². The number of nitrogens with zero attached hydrogens (tertiary/aromatic N) is 3. The molecule has 1 aliphatic rings. The van der Waals surface area contributed by atoms with Crippen molar-refractivity contribution in [2.75, 3.05) is 4.31 Å². The van der Waals surface area contributed by atoms with Gasteiger partial charge in [0.05, 0.1) is 5.69 Å². The van der Waals surface area contributed by atoms with Gasteiger partial charge in [-0.3, -0.25) is 9.35 Å². The van der Waals surface area contributed by atoms with E-state index >= 15 is 0 Å². The third-order valence-electron chi connectivity index (χ3n) is 6.90. The molecule has 1 atom stereocenters. The monoisotopic (exact) mass is 501 g/mol. The van der Waals surface area contributed by atoms with Crippen LogP contribution in [0.15, 0.2) is 66.9 Å². The smallest absolute Gasteiger partial charge is 0.268 e. The molecule has 0 bridgehead atoms. The van der Waals surface area contributed by atoms with Crippen molar-refractivity contribution < 1.29 is 13.6 Å². The first-order valence-corrected chi connectivity index (χ1v) is 13.6. The minimum Gasteiger partial charge on any atom is -0.325 e. The van der Waals surface area contributed by atoms with E-state index in [4.69, 9.17) is 0 Å². The van der Waals surface area contributed by atoms with Crippen LogP contribution in [-0.2, 0) is 29.0 Å². The fraction of sp³-hybridized carbons (Fsp3) is 0.310. The Kier molecular flexibility index (Phi) is 7.03. The number of carbonyl (C=O) groups is 1. The summed E-state index contributed by atoms with van der Waals surface area (Å²) in [5.41, 5.74) is 6.79. The third kappa shape index (κ3) is 4.86. The van der Waals surface area contributed by atoms with Crippen molar-refractivity contribution >= 4 is 33.9 Å². The van der Waals surface area contributed by atoms with Gasteiger partial charge < -0.3 is 4.57 Å². The Labute approximate surface area is 214 Å². The number of anilines is 1. The Hall–Kier alpha value is -3.29. The molecule has 0 aliphatic heterocycles. The first-order valence-electron chi connectivity index (χ1n) is 12.5. The van der Waals surface area contributed by atoms with Gasteiger partial charge in [-0.1, -0.05) is 55.8 Å². The summed E-state index contributed by atoms with van der Waals surface area (Å²) < 4.78 is 25.4. The lowest BCUT2D eigenvalue weighted by Crippen LogP contribution is -2.34. The maximum absolute atomic E-state index is 12.8. The molecule has 36 heavy (non-hydrogen) atoms. The second kappa shape index (κ2) is 10.4. The maximum Gasteiger partial charge on any atom is 0.268 e. The Balaban J connectivity index is 1.46. The largest absolute Gasteiger partial charge is 0.325 e. The zero-order valence-corrected chi connectivity index (χ0v) is 21.5. The molecule has 1 N–H and O–H groups in total. The number of carbonyl (C=O) groups excluding carboxylic acids is 1. The number of aromatic nitrogens is 2. The highest BCUT2D eigenvalue weighted by Crippen LogP contribution is 2.37. The van der Waals surface area contributed by atoms with Crippen molar-refractivity contribution in [2.24, 2.45) is 5.92 Å². The van der Waals surface area contributed by atoms with Crippen LogP contribution in [-0.4, -0.2) is 24.2 Å². The Morgan fingerprint density at radius 2 is 1.89 bits per heavy atom. The van der Waals surface area contributed by atoms with Crippen LogP contribution in [0.3, 0.4) is 0 Å². The molecule has 1 unspecified atom stereocenters. The molecule has 2 aromatic heterocycles. The molecule has 0 spiro atoms. The van der Waals surface area contributed by atoms with E-state index in [1.165, 1.54) is 16.6 Å². The van der Waals surface area contributed by atoms with Crippen molar-refractivity contribution in [3.05, 3.63) is 83.7 Å². The number of hydrogen-bond acceptors (Lipinski definition) is 3. The Morgan fingerprint density at radius 1 is 1.14 bits per heavy atom. The summed E-state index contributed by atoms with van der Waals surface area (Å²) in [6, 6.07) is 19.8. The summed E-state index contributed by atoms with van der Waals surface area (Å²) in [5.74, 6) is -0.450. The van der Waals surface area contributed by atoms with Crippen LogP contribution < -0.4 is 4.31 Å². The summed E-state index contributed by atoms with van der Waals surface area (Å²) >= 11 is -2.42. The van der Waals surface area contributed by atoms with E-state index in [9.17, 15) is 13.6 Å². The fourth-order valence-electron chi connectivity index (χ4n) is 4.71. The molecule has 7 heteroatoms. The van der Waals surface area contributed by atoms with Gasteiger partial charge in [0.1, 0.15) is 5.65 Å². The van der Waals surface area contributed by atoms with Crippen LogP contribution in [0.25, 0.3) is 22.2 Å². The molecule has 1 fully saturated rings. The predicted molar refractivity (Wildman–Crippen MR) is 145 cm³/mol. The Morgan fingerprint density at radius 3 is 2.58 bits per heavy atom. The van der Waals surface area contributed by atoms with E-state index < -0.39 is 11.3 Å². The highest BCUT2D eigenvalue weighted by atomic mass is 32.2. The minimum atomic E-state index is -2.42. The number of aryl methyl sites for hydroxylation is 2. The molecule has 2 heterocycles. The van der Waals surface area contributed by atoms with Gasteiger partial charge in [0.25, 0.3) is 11.3 Å². The number of amides is 1. The number of hydrogen-bond donors (Lipinski definition) is 1. The molecular weight excluding hydrogens is 470 g/mol. The molecule has 4 aromatic rings. The summed E-state index contributed by atoms with van der Waals surface area (Å²) in [7, 11) is 0. The van der Waals surface area contributed by atoms with E-state index in [1.807, 2.05) is 30.5 Å². The first-order chi connectivity index (χ1) is 17.5. The third-order valence-corrected chi connectivity index (χ3v) is 7.59. The van der Waals surface area contributed by atoms with Crippen LogP contribution >= 0.6 is 0 Å². The lowest BCUT2D eigenvalue weighted by atomic mass is 10.0. The quantitative estimate of drug-likeness (QED) is 0.274. The minimum absolute atomic E-state index is 0.160. The van der Waals surface area contributed by atoms with Crippen molar-refractivity contribution in [1.82, 2.24) is 9.55 Å². The topological polar surface area (TPSA) is 75.4 Å². The zero-order valence-electron chi connectivity index (χ0n) is 20.7. The number of para-hydroxylation sites is 1. The van der Waals surface area contributed by atoms with Gasteiger partial charge in [-0.05, 0) is 67.5 Å². The van der Waals surface area contributed by atoms with E-state index in [-0.39, 0.29) is 11.8 Å². The molecule has 186 valence electrons. The molecule has 1 saturated carbocycles. The highest BCUT2D eigenvalue weighted by molar-refractivity contribution is 7.81. The molecule has 5 rings (SSSR count). The van der Waals surface area contributed by atoms with Gasteiger partial charge in [-0.15, -0.1) is 0 Å². The van der Waals surface area contributed by atoms with E-state index in [0.29, 0.717) is 12.2 Å². The van der Waals surface area contributed by atoms with Crippen molar-refractivity contribution in [2.45, 2.75) is 52.5 Å². The molecule has 2 aromatic carbocycles.